The summed E-state index contributed by atoms with van der Waals surface area (Å²) >= 11 is 0. The van der Waals surface area contributed by atoms with Crippen LogP contribution in [-0.2, 0) is 0 Å². The van der Waals surface area contributed by atoms with Gasteiger partial charge in [0, 0.05) is 18.0 Å². The molecule has 0 bridgehead atoms. The van der Waals surface area contributed by atoms with Gasteiger partial charge in [-0.2, -0.15) is 0 Å². The van der Waals surface area contributed by atoms with Crippen LogP contribution in [0.2, 0.25) is 0 Å². The minimum Gasteiger partial charge on any atom is -0.345 e. The van der Waals surface area contributed by atoms with Crippen LogP contribution in [0.25, 0.3) is 11.4 Å². The van der Waals surface area contributed by atoms with E-state index in [1.54, 1.807) is 6.20 Å². The monoisotopic (exact) mass is 186 g/mol. The predicted octanol–water partition coefficient (Wildman–Crippen LogP) is 3.20. The summed E-state index contributed by atoms with van der Waals surface area (Å²) in [6.45, 7) is 4.39. The first kappa shape index (κ1) is 9.00. The largest absolute Gasteiger partial charge is 0.345 e. The van der Waals surface area contributed by atoms with Crippen LogP contribution >= 0.6 is 0 Å². The summed E-state index contributed by atoms with van der Waals surface area (Å²) in [4.78, 5) is 7.41. The summed E-state index contributed by atoms with van der Waals surface area (Å²) in [6, 6.07) is 8.38. The number of H-pyrrole nitrogens is 1. The number of hydrogen-bond donors (Lipinski definition) is 1. The SMILES string of the molecule is CC(C)c1ccccc1-c1ncc[nH]1. The molecular formula is C12H14N2. The van der Waals surface area contributed by atoms with E-state index < -0.39 is 0 Å². The second kappa shape index (κ2) is 3.66. The molecule has 2 nitrogen and oxygen atoms in total. The Morgan fingerprint density at radius 1 is 1.21 bits per heavy atom. The van der Waals surface area contributed by atoms with Gasteiger partial charge < -0.3 is 4.98 Å². The highest BCUT2D eigenvalue weighted by atomic mass is 14.9. The van der Waals surface area contributed by atoms with Crippen molar-refractivity contribution in [1.29, 1.82) is 0 Å². The van der Waals surface area contributed by atoms with Crippen molar-refractivity contribution in [1.82, 2.24) is 9.97 Å². The Bertz CT molecular complexity index is 402. The molecule has 1 N–H and O–H groups in total. The van der Waals surface area contributed by atoms with Gasteiger partial charge in [-0.05, 0) is 11.5 Å². The first-order chi connectivity index (χ1) is 6.79. The first-order valence-electron chi connectivity index (χ1n) is 4.87. The highest BCUT2D eigenvalue weighted by Crippen LogP contribution is 2.26. The van der Waals surface area contributed by atoms with Gasteiger partial charge >= 0.3 is 0 Å². The summed E-state index contributed by atoms with van der Waals surface area (Å²) < 4.78 is 0. The lowest BCUT2D eigenvalue weighted by Crippen LogP contribution is -1.92. The molecule has 1 aromatic carbocycles. The van der Waals surface area contributed by atoms with Gasteiger partial charge in [0.1, 0.15) is 5.82 Å². The van der Waals surface area contributed by atoms with Crippen LogP contribution in [0.15, 0.2) is 36.7 Å². The lowest BCUT2D eigenvalue weighted by Gasteiger charge is -2.09. The van der Waals surface area contributed by atoms with E-state index in [-0.39, 0.29) is 0 Å². The molecule has 0 spiro atoms. The Balaban J connectivity index is 2.53. The molecular weight excluding hydrogens is 172 g/mol. The van der Waals surface area contributed by atoms with Crippen LogP contribution in [0.5, 0.6) is 0 Å². The molecule has 2 rings (SSSR count). The molecule has 0 unspecified atom stereocenters. The third-order valence-corrected chi connectivity index (χ3v) is 2.34. The Kier molecular flexibility index (Phi) is 2.35. The van der Waals surface area contributed by atoms with Gasteiger partial charge in [-0.15, -0.1) is 0 Å². The first-order valence-corrected chi connectivity index (χ1v) is 4.87. The second-order valence-corrected chi connectivity index (χ2v) is 3.68. The molecule has 72 valence electrons. The maximum atomic E-state index is 4.27. The molecule has 1 aromatic heterocycles. The van der Waals surface area contributed by atoms with Gasteiger partial charge in [0.05, 0.1) is 0 Å². The molecule has 0 aliphatic carbocycles. The maximum Gasteiger partial charge on any atom is 0.137 e. The highest BCUT2D eigenvalue weighted by molar-refractivity contribution is 5.60. The third kappa shape index (κ3) is 1.55. The fourth-order valence-electron chi connectivity index (χ4n) is 1.63. The molecule has 0 atom stereocenters. The zero-order valence-corrected chi connectivity index (χ0v) is 8.49. The highest BCUT2D eigenvalue weighted by Gasteiger charge is 2.08. The predicted molar refractivity (Wildman–Crippen MR) is 58.1 cm³/mol. The summed E-state index contributed by atoms with van der Waals surface area (Å²) in [7, 11) is 0. The zero-order chi connectivity index (χ0) is 9.97. The van der Waals surface area contributed by atoms with Crippen molar-refractivity contribution >= 4 is 0 Å². The lowest BCUT2D eigenvalue weighted by atomic mass is 9.97. The molecule has 0 radical (unpaired) electrons. The molecule has 2 heteroatoms. The van der Waals surface area contributed by atoms with Crippen LogP contribution in [-0.4, -0.2) is 9.97 Å². The topological polar surface area (TPSA) is 28.7 Å². The average molecular weight is 186 g/mol. The summed E-state index contributed by atoms with van der Waals surface area (Å²) in [6.07, 6.45) is 3.64. The normalized spacial score (nSPS) is 10.8. The zero-order valence-electron chi connectivity index (χ0n) is 8.49. The van der Waals surface area contributed by atoms with Crippen LogP contribution in [0.4, 0.5) is 0 Å². The van der Waals surface area contributed by atoms with E-state index >= 15 is 0 Å². The fraction of sp³-hybridized carbons (Fsp3) is 0.250. The summed E-state index contributed by atoms with van der Waals surface area (Å²) in [5.41, 5.74) is 2.54. The minimum absolute atomic E-state index is 0.524. The van der Waals surface area contributed by atoms with E-state index in [4.69, 9.17) is 0 Å². The van der Waals surface area contributed by atoms with Crippen molar-refractivity contribution in [3.63, 3.8) is 0 Å². The van der Waals surface area contributed by atoms with Gasteiger partial charge in [-0.1, -0.05) is 38.1 Å². The molecule has 0 saturated heterocycles. The number of benzene rings is 1. The number of aromatic amines is 1. The van der Waals surface area contributed by atoms with Crippen LogP contribution in [0.3, 0.4) is 0 Å². The molecule has 0 fully saturated rings. The molecule has 14 heavy (non-hydrogen) atoms. The number of hydrogen-bond acceptors (Lipinski definition) is 1. The molecule has 1 heterocycles. The quantitative estimate of drug-likeness (QED) is 0.766. The van der Waals surface area contributed by atoms with Gasteiger partial charge in [0.25, 0.3) is 0 Å². The summed E-state index contributed by atoms with van der Waals surface area (Å²) in [5, 5.41) is 0. The molecule has 0 aliphatic heterocycles. The van der Waals surface area contributed by atoms with Crippen molar-refractivity contribution < 1.29 is 0 Å². The Hall–Kier alpha value is -1.57. The average Bonchev–Trinajstić information content (AvgIpc) is 2.70. The van der Waals surface area contributed by atoms with E-state index in [0.29, 0.717) is 5.92 Å². The van der Waals surface area contributed by atoms with Crippen molar-refractivity contribution in [2.75, 3.05) is 0 Å². The maximum absolute atomic E-state index is 4.27. The Morgan fingerprint density at radius 3 is 2.64 bits per heavy atom. The van der Waals surface area contributed by atoms with E-state index in [0.717, 1.165) is 5.82 Å². The molecule has 2 aromatic rings. The van der Waals surface area contributed by atoms with Gasteiger partial charge in [0.15, 0.2) is 0 Å². The fourth-order valence-corrected chi connectivity index (χ4v) is 1.63. The van der Waals surface area contributed by atoms with Crippen LogP contribution in [0.1, 0.15) is 25.3 Å². The van der Waals surface area contributed by atoms with Gasteiger partial charge in [-0.25, -0.2) is 4.98 Å². The number of imidazole rings is 1. The number of nitrogens with zero attached hydrogens (tertiary/aromatic N) is 1. The molecule has 0 saturated carbocycles. The van der Waals surface area contributed by atoms with Crippen molar-refractivity contribution in [3.8, 4) is 11.4 Å². The van der Waals surface area contributed by atoms with E-state index in [2.05, 4.69) is 42.0 Å². The van der Waals surface area contributed by atoms with Crippen molar-refractivity contribution in [2.45, 2.75) is 19.8 Å². The molecule has 0 amide bonds. The number of nitrogens with one attached hydrogen (secondary N) is 1. The van der Waals surface area contributed by atoms with Crippen molar-refractivity contribution in [3.05, 3.63) is 42.2 Å². The summed E-state index contributed by atoms with van der Waals surface area (Å²) in [5.74, 6) is 1.48. The smallest absolute Gasteiger partial charge is 0.137 e. The van der Waals surface area contributed by atoms with Crippen LogP contribution in [0, 0.1) is 0 Å². The number of aromatic nitrogens is 2. The number of rotatable bonds is 2. The molecule has 0 aliphatic rings. The van der Waals surface area contributed by atoms with E-state index in [1.165, 1.54) is 11.1 Å². The minimum atomic E-state index is 0.524. The van der Waals surface area contributed by atoms with Crippen LogP contribution < -0.4 is 0 Å². The van der Waals surface area contributed by atoms with E-state index in [9.17, 15) is 0 Å². The second-order valence-electron chi connectivity index (χ2n) is 3.68. The standard InChI is InChI=1S/C12H14N2/c1-9(2)10-5-3-4-6-11(10)12-13-7-8-14-12/h3-9H,1-2H3,(H,13,14). The van der Waals surface area contributed by atoms with E-state index in [1.807, 2.05) is 12.3 Å². The Morgan fingerprint density at radius 2 is 2.00 bits per heavy atom. The van der Waals surface area contributed by atoms with Gasteiger partial charge in [0.2, 0.25) is 0 Å². The lowest BCUT2D eigenvalue weighted by molar-refractivity contribution is 0.867. The third-order valence-electron chi connectivity index (χ3n) is 2.34. The Labute approximate surface area is 84.0 Å². The van der Waals surface area contributed by atoms with Gasteiger partial charge in [-0.3, -0.25) is 0 Å². The van der Waals surface area contributed by atoms with Crippen molar-refractivity contribution in [2.24, 2.45) is 0 Å².